The largest absolute Gasteiger partial charge is 0.425 e. The van der Waals surface area contributed by atoms with Crippen LogP contribution in [0.4, 0.5) is 4.79 Å². The number of carbonyl (C=O) groups is 2. The third-order valence-corrected chi connectivity index (χ3v) is 3.41. The summed E-state index contributed by atoms with van der Waals surface area (Å²) in [7, 11) is 0. The Morgan fingerprint density at radius 1 is 1.35 bits per heavy atom. The van der Waals surface area contributed by atoms with Crippen LogP contribution in [-0.4, -0.2) is 42.8 Å². The lowest BCUT2D eigenvalue weighted by Crippen LogP contribution is -2.40. The quantitative estimate of drug-likeness (QED) is 0.663. The summed E-state index contributed by atoms with van der Waals surface area (Å²) in [5.41, 5.74) is 5.35. The van der Waals surface area contributed by atoms with Gasteiger partial charge in [0.25, 0.3) is 0 Å². The van der Waals surface area contributed by atoms with Crippen LogP contribution in [0.5, 0.6) is 0 Å². The molecule has 0 aromatic heterocycles. The van der Waals surface area contributed by atoms with Crippen molar-refractivity contribution >= 4 is 12.0 Å². The summed E-state index contributed by atoms with van der Waals surface area (Å²) in [5, 5.41) is 2.64. The number of nitrogens with one attached hydrogen (secondary N) is 1. The van der Waals surface area contributed by atoms with Gasteiger partial charge in [-0.25, -0.2) is 4.79 Å². The smallest absolute Gasteiger partial charge is 0.409 e. The zero-order chi connectivity index (χ0) is 14.8. The van der Waals surface area contributed by atoms with Crippen molar-refractivity contribution in [3.63, 3.8) is 0 Å². The molecule has 6 nitrogen and oxygen atoms in total. The molecule has 6 heteroatoms. The molecule has 0 spiro atoms. The van der Waals surface area contributed by atoms with Gasteiger partial charge in [-0.05, 0) is 25.8 Å². The standard InChI is InChI=1S/C14H27N3O3/c1-2-3-4-7-12(18)17-11-5-8-13(17)20-14(19)16-10-6-9-15/h13H,2-11,15H2,1H3,(H,16,19)/t13-/m1/s1. The van der Waals surface area contributed by atoms with Gasteiger partial charge in [0, 0.05) is 25.9 Å². The highest BCUT2D eigenvalue weighted by Crippen LogP contribution is 2.20. The summed E-state index contributed by atoms with van der Waals surface area (Å²) in [5.74, 6) is 0.0932. The molecular weight excluding hydrogens is 258 g/mol. The van der Waals surface area contributed by atoms with E-state index < -0.39 is 12.3 Å². The van der Waals surface area contributed by atoms with Crippen LogP contribution in [0.2, 0.25) is 0 Å². The number of likely N-dealkylation sites (tertiary alicyclic amines) is 1. The molecule has 3 N–H and O–H groups in total. The van der Waals surface area contributed by atoms with Crippen molar-refractivity contribution in [2.75, 3.05) is 19.6 Å². The van der Waals surface area contributed by atoms with Crippen LogP contribution in [-0.2, 0) is 9.53 Å². The molecule has 1 atom stereocenters. The first-order valence-electron chi connectivity index (χ1n) is 7.63. The lowest BCUT2D eigenvalue weighted by atomic mass is 10.2. The van der Waals surface area contributed by atoms with Gasteiger partial charge in [0.15, 0.2) is 6.23 Å². The lowest BCUT2D eigenvalue weighted by Gasteiger charge is -2.24. The minimum atomic E-state index is -0.461. The summed E-state index contributed by atoms with van der Waals surface area (Å²) in [6, 6.07) is 0. The average molecular weight is 285 g/mol. The molecule has 0 unspecified atom stereocenters. The number of alkyl carbamates (subject to hydrolysis) is 1. The second-order valence-corrected chi connectivity index (χ2v) is 5.12. The second-order valence-electron chi connectivity index (χ2n) is 5.12. The summed E-state index contributed by atoms with van der Waals surface area (Å²) in [6.45, 7) is 3.84. The maximum atomic E-state index is 12.1. The van der Waals surface area contributed by atoms with E-state index >= 15 is 0 Å². The predicted molar refractivity (Wildman–Crippen MR) is 77.0 cm³/mol. The minimum absolute atomic E-state index is 0.0932. The average Bonchev–Trinajstić information content (AvgIpc) is 2.87. The van der Waals surface area contributed by atoms with Gasteiger partial charge in [-0.3, -0.25) is 4.79 Å². The van der Waals surface area contributed by atoms with E-state index in [1.54, 1.807) is 4.90 Å². The third kappa shape index (κ3) is 5.77. The fourth-order valence-corrected chi connectivity index (χ4v) is 2.27. The summed E-state index contributed by atoms with van der Waals surface area (Å²) >= 11 is 0. The zero-order valence-corrected chi connectivity index (χ0v) is 12.4. The van der Waals surface area contributed by atoms with Crippen molar-refractivity contribution in [3.8, 4) is 0 Å². The number of ether oxygens (including phenoxy) is 1. The van der Waals surface area contributed by atoms with E-state index in [-0.39, 0.29) is 5.91 Å². The van der Waals surface area contributed by atoms with Crippen LogP contribution in [0.15, 0.2) is 0 Å². The molecule has 1 aliphatic rings. The van der Waals surface area contributed by atoms with Crippen LogP contribution in [0.3, 0.4) is 0 Å². The Morgan fingerprint density at radius 2 is 2.15 bits per heavy atom. The Balaban J connectivity index is 2.32. The van der Waals surface area contributed by atoms with Gasteiger partial charge in [0.2, 0.25) is 5.91 Å². The molecule has 0 bridgehead atoms. The van der Waals surface area contributed by atoms with E-state index in [0.717, 1.165) is 38.5 Å². The van der Waals surface area contributed by atoms with Gasteiger partial charge in [-0.1, -0.05) is 19.8 Å². The second kappa shape index (κ2) is 9.58. The Kier molecular flexibility index (Phi) is 8.02. The Labute approximate surface area is 121 Å². The highest BCUT2D eigenvalue weighted by atomic mass is 16.6. The van der Waals surface area contributed by atoms with Crippen molar-refractivity contribution < 1.29 is 14.3 Å². The number of amides is 2. The SMILES string of the molecule is CCCCCC(=O)N1CCC[C@H]1OC(=O)NCCCN. The van der Waals surface area contributed by atoms with Crippen molar-refractivity contribution in [1.82, 2.24) is 10.2 Å². The topological polar surface area (TPSA) is 84.7 Å². The molecule has 0 radical (unpaired) electrons. The number of unbranched alkanes of at least 4 members (excludes halogenated alkanes) is 2. The molecule has 1 heterocycles. The number of rotatable bonds is 8. The Bertz CT molecular complexity index is 310. The molecule has 0 aromatic rings. The monoisotopic (exact) mass is 285 g/mol. The van der Waals surface area contributed by atoms with E-state index in [9.17, 15) is 9.59 Å². The maximum absolute atomic E-state index is 12.1. The molecule has 2 amide bonds. The van der Waals surface area contributed by atoms with Crippen LogP contribution in [0.1, 0.15) is 51.9 Å². The van der Waals surface area contributed by atoms with E-state index in [2.05, 4.69) is 12.2 Å². The number of hydrogen-bond donors (Lipinski definition) is 2. The Morgan fingerprint density at radius 3 is 2.85 bits per heavy atom. The number of nitrogens with two attached hydrogens (primary N) is 1. The maximum Gasteiger partial charge on any atom is 0.409 e. The van der Waals surface area contributed by atoms with Crippen LogP contribution in [0, 0.1) is 0 Å². The fourth-order valence-electron chi connectivity index (χ4n) is 2.27. The molecule has 1 fully saturated rings. The van der Waals surface area contributed by atoms with E-state index in [1.807, 2.05) is 0 Å². The van der Waals surface area contributed by atoms with E-state index in [4.69, 9.17) is 10.5 Å². The van der Waals surface area contributed by atoms with Gasteiger partial charge in [-0.2, -0.15) is 0 Å². The van der Waals surface area contributed by atoms with Crippen molar-refractivity contribution in [1.29, 1.82) is 0 Å². The fraction of sp³-hybridized carbons (Fsp3) is 0.857. The molecule has 116 valence electrons. The van der Waals surface area contributed by atoms with Gasteiger partial charge >= 0.3 is 6.09 Å². The summed E-state index contributed by atoms with van der Waals surface area (Å²) < 4.78 is 5.31. The molecular formula is C14H27N3O3. The molecule has 20 heavy (non-hydrogen) atoms. The van der Waals surface area contributed by atoms with Crippen LogP contribution < -0.4 is 11.1 Å². The van der Waals surface area contributed by atoms with Crippen LogP contribution >= 0.6 is 0 Å². The first-order valence-corrected chi connectivity index (χ1v) is 7.63. The molecule has 1 rings (SSSR count). The number of carbonyl (C=O) groups excluding carboxylic acids is 2. The zero-order valence-electron chi connectivity index (χ0n) is 12.4. The molecule has 1 saturated heterocycles. The van der Waals surface area contributed by atoms with Gasteiger partial charge in [-0.15, -0.1) is 0 Å². The molecule has 1 aliphatic heterocycles. The highest BCUT2D eigenvalue weighted by molar-refractivity contribution is 5.77. The Hall–Kier alpha value is -1.30. The molecule has 0 aromatic carbocycles. The van der Waals surface area contributed by atoms with Gasteiger partial charge in [0.1, 0.15) is 0 Å². The summed E-state index contributed by atoms with van der Waals surface area (Å²) in [6.07, 6.45) is 5.08. The number of hydrogen-bond acceptors (Lipinski definition) is 4. The highest BCUT2D eigenvalue weighted by Gasteiger charge is 2.31. The first-order chi connectivity index (χ1) is 9.69. The van der Waals surface area contributed by atoms with Crippen molar-refractivity contribution in [2.24, 2.45) is 5.73 Å². The van der Waals surface area contributed by atoms with Crippen LogP contribution in [0.25, 0.3) is 0 Å². The lowest BCUT2D eigenvalue weighted by molar-refractivity contribution is -0.138. The summed E-state index contributed by atoms with van der Waals surface area (Å²) in [4.78, 5) is 25.4. The predicted octanol–water partition coefficient (Wildman–Crippen LogP) is 1.59. The van der Waals surface area contributed by atoms with E-state index in [1.165, 1.54) is 0 Å². The van der Waals surface area contributed by atoms with Gasteiger partial charge in [0.05, 0.1) is 0 Å². The first kappa shape index (κ1) is 16.8. The van der Waals surface area contributed by atoms with Crippen molar-refractivity contribution in [3.05, 3.63) is 0 Å². The molecule has 0 aliphatic carbocycles. The van der Waals surface area contributed by atoms with Gasteiger partial charge < -0.3 is 20.7 Å². The minimum Gasteiger partial charge on any atom is -0.425 e. The molecule has 0 saturated carbocycles. The van der Waals surface area contributed by atoms with Crippen molar-refractivity contribution in [2.45, 2.75) is 58.1 Å². The van der Waals surface area contributed by atoms with E-state index in [0.29, 0.717) is 26.1 Å². The third-order valence-electron chi connectivity index (χ3n) is 3.41. The normalized spacial score (nSPS) is 18.1. The number of nitrogens with zero attached hydrogens (tertiary/aromatic N) is 1.